The van der Waals surface area contributed by atoms with Crippen LogP contribution in [0, 0.1) is 5.41 Å². The highest BCUT2D eigenvalue weighted by molar-refractivity contribution is 4.79. The van der Waals surface area contributed by atoms with E-state index in [1.54, 1.807) is 7.11 Å². The van der Waals surface area contributed by atoms with E-state index >= 15 is 0 Å². The molecule has 0 aromatic heterocycles. The van der Waals surface area contributed by atoms with E-state index in [1.165, 1.54) is 0 Å². The van der Waals surface area contributed by atoms with Crippen molar-refractivity contribution in [2.75, 3.05) is 126 Å². The largest absolute Gasteiger partial charge is 0.394 e. The van der Waals surface area contributed by atoms with Gasteiger partial charge in [-0.25, -0.2) is 0 Å². The molecule has 10 nitrogen and oxygen atoms in total. The highest BCUT2D eigenvalue weighted by Gasteiger charge is 2.32. The Bertz CT molecular complexity index is 346. The molecule has 0 radical (unpaired) electrons. The molecule has 0 rings (SSSR count). The highest BCUT2D eigenvalue weighted by Crippen LogP contribution is 2.21. The molecular formula is C24H50O10. The second-order valence-electron chi connectivity index (χ2n) is 7.88. The summed E-state index contributed by atoms with van der Waals surface area (Å²) < 4.78 is 50.5. The summed E-state index contributed by atoms with van der Waals surface area (Å²) in [5, 5.41) is 8.84. The van der Waals surface area contributed by atoms with Gasteiger partial charge >= 0.3 is 0 Å². The standard InChI is InChI=1S/C24H50O10/c1-4-7-27-12-16-31-20-24(21-32-17-13-28-8-5-2,22-33-18-14-29-9-6-25)23-34-19-15-30-11-10-26-3/h25H,4-23H2,1-3H3. The van der Waals surface area contributed by atoms with E-state index in [-0.39, 0.29) is 6.61 Å². The fourth-order valence-corrected chi connectivity index (χ4v) is 2.78. The van der Waals surface area contributed by atoms with Crippen LogP contribution in [0.2, 0.25) is 0 Å². The third-order valence-electron chi connectivity index (χ3n) is 4.49. The van der Waals surface area contributed by atoms with E-state index in [4.69, 9.17) is 47.7 Å². The van der Waals surface area contributed by atoms with Gasteiger partial charge in [0.1, 0.15) is 0 Å². The Morgan fingerprint density at radius 3 is 1.12 bits per heavy atom. The lowest BCUT2D eigenvalue weighted by atomic mass is 9.92. The van der Waals surface area contributed by atoms with Gasteiger partial charge in [-0.2, -0.15) is 0 Å². The minimum Gasteiger partial charge on any atom is -0.394 e. The lowest BCUT2D eigenvalue weighted by molar-refractivity contribution is -0.121. The van der Waals surface area contributed by atoms with Gasteiger partial charge in [0.15, 0.2) is 0 Å². The van der Waals surface area contributed by atoms with Crippen LogP contribution in [-0.2, 0) is 42.6 Å². The summed E-state index contributed by atoms with van der Waals surface area (Å²) in [4.78, 5) is 0. The maximum absolute atomic E-state index is 8.84. The zero-order chi connectivity index (χ0) is 25.0. The Balaban J connectivity index is 4.74. The van der Waals surface area contributed by atoms with Crippen molar-refractivity contribution in [3.63, 3.8) is 0 Å². The number of ether oxygens (including phenoxy) is 9. The first-order chi connectivity index (χ1) is 16.7. The van der Waals surface area contributed by atoms with Crippen LogP contribution in [0.15, 0.2) is 0 Å². The monoisotopic (exact) mass is 498 g/mol. The summed E-state index contributed by atoms with van der Waals surface area (Å²) in [5.74, 6) is 0. The van der Waals surface area contributed by atoms with Crippen LogP contribution in [0.5, 0.6) is 0 Å². The van der Waals surface area contributed by atoms with Crippen molar-refractivity contribution >= 4 is 0 Å². The van der Waals surface area contributed by atoms with Gasteiger partial charge in [0.2, 0.25) is 0 Å². The van der Waals surface area contributed by atoms with Gasteiger partial charge in [0.05, 0.1) is 111 Å². The van der Waals surface area contributed by atoms with E-state index < -0.39 is 5.41 Å². The van der Waals surface area contributed by atoms with Crippen molar-refractivity contribution in [2.45, 2.75) is 26.7 Å². The third-order valence-corrected chi connectivity index (χ3v) is 4.49. The SMILES string of the molecule is CCCOCCOCC(COCCOCCC)(COCCOCCO)COCCOCCOC. The third kappa shape index (κ3) is 22.1. The number of rotatable bonds is 29. The summed E-state index contributed by atoms with van der Waals surface area (Å²) in [6, 6.07) is 0. The number of aliphatic hydroxyl groups excluding tert-OH is 1. The molecule has 0 spiro atoms. The maximum atomic E-state index is 8.84. The summed E-state index contributed by atoms with van der Waals surface area (Å²) >= 11 is 0. The predicted octanol–water partition coefficient (Wildman–Crippen LogP) is 1.56. The summed E-state index contributed by atoms with van der Waals surface area (Å²) in [6.07, 6.45) is 1.95. The van der Waals surface area contributed by atoms with Crippen molar-refractivity contribution in [2.24, 2.45) is 5.41 Å². The van der Waals surface area contributed by atoms with Gasteiger partial charge in [-0.1, -0.05) is 13.8 Å². The Morgan fingerprint density at radius 2 is 0.765 bits per heavy atom. The molecule has 0 unspecified atom stereocenters. The zero-order valence-electron chi connectivity index (χ0n) is 21.8. The molecule has 0 saturated heterocycles. The molecule has 0 heterocycles. The quantitative estimate of drug-likeness (QED) is 0.153. The molecule has 1 N–H and O–H groups in total. The fraction of sp³-hybridized carbons (Fsp3) is 1.00. The van der Waals surface area contributed by atoms with Gasteiger partial charge in [-0.05, 0) is 12.8 Å². The molecule has 0 aliphatic rings. The molecule has 0 fully saturated rings. The van der Waals surface area contributed by atoms with E-state index in [1.807, 2.05) is 0 Å². The molecular weight excluding hydrogens is 448 g/mol. The van der Waals surface area contributed by atoms with Crippen LogP contribution in [0.25, 0.3) is 0 Å². The fourth-order valence-electron chi connectivity index (χ4n) is 2.78. The first kappa shape index (κ1) is 33.6. The van der Waals surface area contributed by atoms with Crippen LogP contribution < -0.4 is 0 Å². The Morgan fingerprint density at radius 1 is 0.441 bits per heavy atom. The van der Waals surface area contributed by atoms with Crippen LogP contribution >= 0.6 is 0 Å². The van der Waals surface area contributed by atoms with Crippen molar-refractivity contribution in [3.05, 3.63) is 0 Å². The van der Waals surface area contributed by atoms with Crippen molar-refractivity contribution in [3.8, 4) is 0 Å². The normalized spacial score (nSPS) is 12.0. The van der Waals surface area contributed by atoms with Crippen LogP contribution in [0.1, 0.15) is 26.7 Å². The topological polar surface area (TPSA) is 103 Å². The van der Waals surface area contributed by atoms with Crippen molar-refractivity contribution < 1.29 is 47.7 Å². The maximum Gasteiger partial charge on any atom is 0.0701 e. The average Bonchev–Trinajstić information content (AvgIpc) is 2.85. The van der Waals surface area contributed by atoms with Crippen molar-refractivity contribution in [1.82, 2.24) is 0 Å². The first-order valence-corrected chi connectivity index (χ1v) is 12.5. The molecule has 0 aromatic rings. The number of methoxy groups -OCH3 is 1. The number of hydrogen-bond donors (Lipinski definition) is 1. The van der Waals surface area contributed by atoms with Crippen molar-refractivity contribution in [1.29, 1.82) is 0 Å². The lowest BCUT2D eigenvalue weighted by Crippen LogP contribution is -2.43. The molecule has 0 saturated carbocycles. The van der Waals surface area contributed by atoms with Crippen LogP contribution in [0.4, 0.5) is 0 Å². The van der Waals surface area contributed by atoms with Gasteiger partial charge in [0, 0.05) is 20.3 Å². The van der Waals surface area contributed by atoms with Crippen LogP contribution in [-0.4, -0.2) is 131 Å². The molecule has 0 amide bonds. The average molecular weight is 499 g/mol. The molecule has 206 valence electrons. The molecule has 10 heteroatoms. The Labute approximate surface area is 206 Å². The zero-order valence-corrected chi connectivity index (χ0v) is 21.8. The molecule has 0 aliphatic carbocycles. The molecule has 34 heavy (non-hydrogen) atoms. The number of hydrogen-bond acceptors (Lipinski definition) is 10. The van der Waals surface area contributed by atoms with Gasteiger partial charge in [-0.3, -0.25) is 0 Å². The Kier molecular flexibility index (Phi) is 26.9. The molecule has 0 aliphatic heterocycles. The first-order valence-electron chi connectivity index (χ1n) is 12.5. The Hall–Kier alpha value is -0.400. The minimum absolute atomic E-state index is 0.00782. The van der Waals surface area contributed by atoms with E-state index in [0.29, 0.717) is 99.1 Å². The highest BCUT2D eigenvalue weighted by atomic mass is 16.6. The molecule has 0 bridgehead atoms. The summed E-state index contributed by atoms with van der Waals surface area (Å²) in [6.45, 7) is 12.3. The number of aliphatic hydroxyl groups is 1. The molecule has 0 atom stereocenters. The second-order valence-corrected chi connectivity index (χ2v) is 7.88. The van der Waals surface area contributed by atoms with E-state index in [2.05, 4.69) is 13.8 Å². The van der Waals surface area contributed by atoms with E-state index in [0.717, 1.165) is 26.1 Å². The summed E-state index contributed by atoms with van der Waals surface area (Å²) in [5.41, 5.74) is -0.501. The smallest absolute Gasteiger partial charge is 0.0701 e. The molecule has 0 aromatic carbocycles. The second kappa shape index (κ2) is 27.2. The van der Waals surface area contributed by atoms with E-state index in [9.17, 15) is 0 Å². The van der Waals surface area contributed by atoms with Gasteiger partial charge in [0.25, 0.3) is 0 Å². The predicted molar refractivity (Wildman–Crippen MR) is 129 cm³/mol. The van der Waals surface area contributed by atoms with Gasteiger partial charge in [-0.15, -0.1) is 0 Å². The van der Waals surface area contributed by atoms with Gasteiger partial charge < -0.3 is 47.7 Å². The lowest BCUT2D eigenvalue weighted by Gasteiger charge is -2.33. The summed E-state index contributed by atoms with van der Waals surface area (Å²) in [7, 11) is 1.64. The van der Waals surface area contributed by atoms with Crippen LogP contribution in [0.3, 0.4) is 0 Å². The minimum atomic E-state index is -0.501.